The number of carbonyl (C=O) groups is 3. The molecule has 182 valence electrons. The van der Waals surface area contributed by atoms with E-state index in [2.05, 4.69) is 5.32 Å². The fourth-order valence-electron chi connectivity index (χ4n) is 4.92. The van der Waals surface area contributed by atoms with Crippen LogP contribution in [0.1, 0.15) is 76.8 Å². The van der Waals surface area contributed by atoms with Crippen molar-refractivity contribution >= 4 is 17.9 Å². The molecule has 0 spiro atoms. The van der Waals surface area contributed by atoms with Crippen LogP contribution in [-0.2, 0) is 14.3 Å². The zero-order valence-electron chi connectivity index (χ0n) is 20.1. The number of piperidine rings is 1. The molecular formula is C26H39N3O4. The third-order valence-electron chi connectivity index (χ3n) is 6.90. The van der Waals surface area contributed by atoms with Crippen molar-refractivity contribution in [2.75, 3.05) is 26.2 Å². The smallest absolute Gasteiger partial charge is 0.318 e. The molecule has 3 amide bonds. The molecule has 1 aliphatic carbocycles. The minimum absolute atomic E-state index is 0.0141. The molecule has 33 heavy (non-hydrogen) atoms. The van der Waals surface area contributed by atoms with E-state index in [1.54, 1.807) is 16.7 Å². The largest absolute Gasteiger partial charge is 0.466 e. The summed E-state index contributed by atoms with van der Waals surface area (Å²) >= 11 is 0. The molecule has 7 nitrogen and oxygen atoms in total. The highest BCUT2D eigenvalue weighted by Crippen LogP contribution is 2.24. The number of likely N-dealkylation sites (tertiary alicyclic amines) is 1. The lowest BCUT2D eigenvalue weighted by atomic mass is 9.95. The Labute approximate surface area is 197 Å². The van der Waals surface area contributed by atoms with Crippen molar-refractivity contribution in [3.05, 3.63) is 35.9 Å². The van der Waals surface area contributed by atoms with Gasteiger partial charge in [-0.15, -0.1) is 0 Å². The number of urea groups is 1. The number of amides is 3. The first-order valence-corrected chi connectivity index (χ1v) is 12.6. The number of hydrogen-bond donors (Lipinski definition) is 1. The molecule has 0 radical (unpaired) electrons. The molecule has 1 aromatic carbocycles. The molecule has 0 aromatic heterocycles. The van der Waals surface area contributed by atoms with Gasteiger partial charge in [-0.25, -0.2) is 4.79 Å². The molecule has 2 atom stereocenters. The van der Waals surface area contributed by atoms with Gasteiger partial charge in [-0.3, -0.25) is 9.59 Å². The molecule has 2 aliphatic rings. The number of carbonyl (C=O) groups excluding carboxylic acids is 3. The van der Waals surface area contributed by atoms with Gasteiger partial charge >= 0.3 is 12.0 Å². The van der Waals surface area contributed by atoms with Gasteiger partial charge in [0.15, 0.2) is 0 Å². The van der Waals surface area contributed by atoms with Gasteiger partial charge < -0.3 is 19.9 Å². The van der Waals surface area contributed by atoms with Crippen LogP contribution in [0.2, 0.25) is 0 Å². The lowest BCUT2D eigenvalue weighted by Crippen LogP contribution is -2.48. The van der Waals surface area contributed by atoms with E-state index < -0.39 is 0 Å². The predicted molar refractivity (Wildman–Crippen MR) is 128 cm³/mol. The lowest BCUT2D eigenvalue weighted by Gasteiger charge is -2.34. The second-order valence-electron chi connectivity index (χ2n) is 9.25. The number of nitrogens with zero attached hydrogens (tertiary/aromatic N) is 2. The lowest BCUT2D eigenvalue weighted by molar-refractivity contribution is -0.151. The zero-order valence-corrected chi connectivity index (χ0v) is 20.1. The normalized spacial score (nSPS) is 20.1. The summed E-state index contributed by atoms with van der Waals surface area (Å²) in [5, 5.41) is 3.21. The second-order valence-corrected chi connectivity index (χ2v) is 9.25. The first-order valence-electron chi connectivity index (χ1n) is 12.6. The summed E-state index contributed by atoms with van der Waals surface area (Å²) in [6.07, 6.45) is 7.34. The zero-order chi connectivity index (χ0) is 23.6. The van der Waals surface area contributed by atoms with Crippen molar-refractivity contribution in [1.82, 2.24) is 15.1 Å². The SMILES string of the molecule is CCOC(=O)C1CCCN(C(=O)CCN(C(=O)NC2CCCCC2)C(C)c2ccccc2)C1. The summed E-state index contributed by atoms with van der Waals surface area (Å²) in [7, 11) is 0. The maximum absolute atomic E-state index is 13.3. The van der Waals surface area contributed by atoms with E-state index in [1.165, 1.54) is 6.42 Å². The molecule has 2 fully saturated rings. The number of hydrogen-bond acceptors (Lipinski definition) is 4. The van der Waals surface area contributed by atoms with E-state index in [9.17, 15) is 14.4 Å². The molecule has 1 saturated heterocycles. The third kappa shape index (κ3) is 7.21. The standard InChI is InChI=1S/C26H39N3O4/c1-3-33-25(31)22-13-10-17-28(19-22)24(30)16-18-29(20(2)21-11-6-4-7-12-21)26(32)27-23-14-8-5-9-15-23/h4,6-7,11-12,20,22-23H,3,5,8-10,13-19H2,1-2H3,(H,27,32). The molecule has 7 heteroatoms. The summed E-state index contributed by atoms with van der Waals surface area (Å²) in [6.45, 7) is 5.56. The molecule has 1 aromatic rings. The summed E-state index contributed by atoms with van der Waals surface area (Å²) in [6, 6.07) is 9.90. The Morgan fingerprint density at radius 1 is 1.09 bits per heavy atom. The van der Waals surface area contributed by atoms with Crippen LogP contribution in [0.15, 0.2) is 30.3 Å². The van der Waals surface area contributed by atoms with Gasteiger partial charge in [-0.05, 0) is 45.1 Å². The van der Waals surface area contributed by atoms with Gasteiger partial charge in [0.1, 0.15) is 0 Å². The molecule has 1 saturated carbocycles. The van der Waals surface area contributed by atoms with Crippen LogP contribution in [-0.4, -0.2) is 60.0 Å². The average molecular weight is 458 g/mol. The third-order valence-corrected chi connectivity index (χ3v) is 6.90. The average Bonchev–Trinajstić information content (AvgIpc) is 2.85. The van der Waals surface area contributed by atoms with Crippen LogP contribution >= 0.6 is 0 Å². The Balaban J connectivity index is 1.63. The van der Waals surface area contributed by atoms with Gasteiger partial charge in [0.05, 0.1) is 18.6 Å². The highest BCUT2D eigenvalue weighted by Gasteiger charge is 2.30. The van der Waals surface area contributed by atoms with Crippen molar-refractivity contribution in [2.45, 2.75) is 77.3 Å². The van der Waals surface area contributed by atoms with E-state index in [4.69, 9.17) is 4.74 Å². The fraction of sp³-hybridized carbons (Fsp3) is 0.654. The molecule has 2 unspecified atom stereocenters. The number of esters is 1. The molecular weight excluding hydrogens is 418 g/mol. The van der Waals surface area contributed by atoms with Crippen LogP contribution in [0.3, 0.4) is 0 Å². The maximum atomic E-state index is 13.3. The summed E-state index contributed by atoms with van der Waals surface area (Å²) in [4.78, 5) is 42.0. The number of nitrogens with one attached hydrogen (secondary N) is 1. The Bertz CT molecular complexity index is 779. The maximum Gasteiger partial charge on any atom is 0.318 e. The van der Waals surface area contributed by atoms with Crippen LogP contribution in [0, 0.1) is 5.92 Å². The Morgan fingerprint density at radius 3 is 2.52 bits per heavy atom. The van der Waals surface area contributed by atoms with Crippen LogP contribution < -0.4 is 5.32 Å². The fourth-order valence-corrected chi connectivity index (χ4v) is 4.92. The predicted octanol–water partition coefficient (Wildman–Crippen LogP) is 4.28. The topological polar surface area (TPSA) is 79.0 Å². The molecule has 1 N–H and O–H groups in total. The van der Waals surface area contributed by atoms with Gasteiger partial charge in [0.2, 0.25) is 5.91 Å². The van der Waals surface area contributed by atoms with Crippen LogP contribution in [0.4, 0.5) is 4.79 Å². The molecule has 0 bridgehead atoms. The molecule has 3 rings (SSSR count). The van der Waals surface area contributed by atoms with Crippen molar-refractivity contribution in [2.24, 2.45) is 5.92 Å². The van der Waals surface area contributed by atoms with E-state index in [-0.39, 0.29) is 42.3 Å². The van der Waals surface area contributed by atoms with E-state index >= 15 is 0 Å². The monoisotopic (exact) mass is 457 g/mol. The number of rotatable bonds is 8. The van der Waals surface area contributed by atoms with Crippen LogP contribution in [0.5, 0.6) is 0 Å². The molecule has 1 aliphatic heterocycles. The van der Waals surface area contributed by atoms with E-state index in [0.29, 0.717) is 26.2 Å². The summed E-state index contributed by atoms with van der Waals surface area (Å²) in [5.41, 5.74) is 1.05. The van der Waals surface area contributed by atoms with Crippen molar-refractivity contribution in [1.29, 1.82) is 0 Å². The summed E-state index contributed by atoms with van der Waals surface area (Å²) < 4.78 is 5.15. The number of ether oxygens (including phenoxy) is 1. The van der Waals surface area contributed by atoms with E-state index in [0.717, 1.165) is 44.1 Å². The number of benzene rings is 1. The minimum Gasteiger partial charge on any atom is -0.466 e. The summed E-state index contributed by atoms with van der Waals surface area (Å²) in [5.74, 6) is -0.488. The Kier molecular flexibility index (Phi) is 9.58. The quantitative estimate of drug-likeness (QED) is 0.591. The second kappa shape index (κ2) is 12.6. The first-order chi connectivity index (χ1) is 16.0. The Morgan fingerprint density at radius 2 is 1.82 bits per heavy atom. The van der Waals surface area contributed by atoms with E-state index in [1.807, 2.05) is 37.3 Å². The Hall–Kier alpha value is -2.57. The highest BCUT2D eigenvalue weighted by molar-refractivity contribution is 5.80. The first kappa shape index (κ1) is 25.1. The van der Waals surface area contributed by atoms with Crippen molar-refractivity contribution < 1.29 is 19.1 Å². The van der Waals surface area contributed by atoms with Gasteiger partial charge in [0.25, 0.3) is 0 Å². The highest BCUT2D eigenvalue weighted by atomic mass is 16.5. The van der Waals surface area contributed by atoms with Crippen molar-refractivity contribution in [3.8, 4) is 0 Å². The van der Waals surface area contributed by atoms with Gasteiger partial charge in [-0.1, -0.05) is 49.6 Å². The van der Waals surface area contributed by atoms with Crippen molar-refractivity contribution in [3.63, 3.8) is 0 Å². The van der Waals surface area contributed by atoms with Gasteiger partial charge in [-0.2, -0.15) is 0 Å². The van der Waals surface area contributed by atoms with Crippen LogP contribution in [0.25, 0.3) is 0 Å². The minimum atomic E-state index is -0.253. The van der Waals surface area contributed by atoms with Gasteiger partial charge in [0, 0.05) is 32.1 Å². The molecule has 1 heterocycles.